The number of aliphatic hydroxyl groups is 1. The van der Waals surface area contributed by atoms with E-state index in [0.717, 1.165) is 0 Å². The Balaban J connectivity index is 1.90. The van der Waals surface area contributed by atoms with Crippen molar-refractivity contribution in [1.82, 2.24) is 5.32 Å². The third-order valence-corrected chi connectivity index (χ3v) is 3.74. The number of hydrogen-bond donors (Lipinski definition) is 2. The van der Waals surface area contributed by atoms with Crippen LogP contribution in [0.15, 0.2) is 18.2 Å². The highest BCUT2D eigenvalue weighted by molar-refractivity contribution is 5.77. The van der Waals surface area contributed by atoms with E-state index in [4.69, 9.17) is 4.74 Å². The van der Waals surface area contributed by atoms with Gasteiger partial charge in [-0.25, -0.2) is 4.39 Å². The van der Waals surface area contributed by atoms with E-state index in [0.29, 0.717) is 43.8 Å². The lowest BCUT2D eigenvalue weighted by molar-refractivity contribution is -0.125. The Morgan fingerprint density at radius 1 is 1.45 bits per heavy atom. The number of halogens is 1. The third-order valence-electron chi connectivity index (χ3n) is 3.74. The smallest absolute Gasteiger partial charge is 0.246 e. The molecule has 0 atom stereocenters. The molecule has 1 aromatic carbocycles. The Kier molecular flexibility index (Phi) is 6.15. The molecule has 1 saturated heterocycles. The minimum Gasteiger partial charge on any atom is -0.393 e. The summed E-state index contributed by atoms with van der Waals surface area (Å²) in [6, 6.07) is 4.99. The van der Waals surface area contributed by atoms with Gasteiger partial charge >= 0.3 is 0 Å². The fourth-order valence-corrected chi connectivity index (χ4v) is 2.47. The van der Waals surface area contributed by atoms with Crippen LogP contribution in [0, 0.1) is 5.82 Å². The minimum absolute atomic E-state index is 0.0210. The molecule has 0 spiro atoms. The second kappa shape index (κ2) is 8.10. The first-order valence-corrected chi connectivity index (χ1v) is 7.66. The highest BCUT2D eigenvalue weighted by atomic mass is 19.1. The van der Waals surface area contributed by atoms with Crippen molar-refractivity contribution in [2.75, 3.05) is 31.2 Å². The van der Waals surface area contributed by atoms with Crippen LogP contribution in [0.1, 0.15) is 25.3 Å². The van der Waals surface area contributed by atoms with E-state index in [9.17, 15) is 14.3 Å². The molecule has 0 aromatic heterocycles. The van der Waals surface area contributed by atoms with Crippen molar-refractivity contribution >= 4 is 11.6 Å². The van der Waals surface area contributed by atoms with Gasteiger partial charge in [-0.05, 0) is 37.5 Å². The van der Waals surface area contributed by atoms with Gasteiger partial charge in [-0.3, -0.25) is 4.79 Å². The Morgan fingerprint density at radius 2 is 2.18 bits per heavy atom. The van der Waals surface area contributed by atoms with E-state index in [1.54, 1.807) is 6.07 Å². The molecule has 0 unspecified atom stereocenters. The predicted octanol–water partition coefficient (Wildman–Crippen LogP) is 1.44. The van der Waals surface area contributed by atoms with Gasteiger partial charge in [-0.2, -0.15) is 0 Å². The fraction of sp³-hybridized carbons (Fsp3) is 0.562. The zero-order chi connectivity index (χ0) is 15.9. The Morgan fingerprint density at radius 3 is 2.82 bits per heavy atom. The summed E-state index contributed by atoms with van der Waals surface area (Å²) in [6.45, 7) is 3.92. The van der Waals surface area contributed by atoms with Crippen LogP contribution in [0.25, 0.3) is 0 Å². The standard InChI is InChI=1S/C16H23FN2O3/c1-2-22-11-16(21)18-10-12-3-4-15(14(17)9-12)19-7-5-13(20)6-8-19/h3-4,9,13,20H,2,5-8,10-11H2,1H3,(H,18,21). The van der Waals surface area contributed by atoms with Gasteiger partial charge in [0.1, 0.15) is 12.4 Å². The van der Waals surface area contributed by atoms with Gasteiger partial charge in [0.2, 0.25) is 5.91 Å². The molecule has 6 heteroatoms. The van der Waals surface area contributed by atoms with E-state index < -0.39 is 0 Å². The highest BCUT2D eigenvalue weighted by Gasteiger charge is 2.19. The molecule has 1 fully saturated rings. The molecule has 0 radical (unpaired) electrons. The maximum Gasteiger partial charge on any atom is 0.246 e. The molecule has 122 valence electrons. The summed E-state index contributed by atoms with van der Waals surface area (Å²) in [5, 5.41) is 12.2. The average molecular weight is 310 g/mol. The molecule has 22 heavy (non-hydrogen) atoms. The van der Waals surface area contributed by atoms with Crippen LogP contribution in [0.4, 0.5) is 10.1 Å². The molecule has 0 bridgehead atoms. The van der Waals surface area contributed by atoms with Gasteiger partial charge in [0.15, 0.2) is 0 Å². The summed E-state index contributed by atoms with van der Waals surface area (Å²) in [5.74, 6) is -0.510. The SMILES string of the molecule is CCOCC(=O)NCc1ccc(N2CCC(O)CC2)c(F)c1. The van der Waals surface area contributed by atoms with Gasteiger partial charge in [-0.1, -0.05) is 6.07 Å². The lowest BCUT2D eigenvalue weighted by Gasteiger charge is -2.31. The molecule has 1 aromatic rings. The van der Waals surface area contributed by atoms with E-state index in [1.807, 2.05) is 17.9 Å². The molecule has 0 aliphatic carbocycles. The molecule has 1 aliphatic rings. The number of aliphatic hydroxyl groups excluding tert-OH is 1. The van der Waals surface area contributed by atoms with Gasteiger partial charge in [-0.15, -0.1) is 0 Å². The molecule has 0 saturated carbocycles. The van der Waals surface area contributed by atoms with Gasteiger partial charge in [0.05, 0.1) is 11.8 Å². The first-order chi connectivity index (χ1) is 10.6. The number of amides is 1. The maximum absolute atomic E-state index is 14.2. The van der Waals surface area contributed by atoms with E-state index in [1.165, 1.54) is 6.07 Å². The fourth-order valence-electron chi connectivity index (χ4n) is 2.47. The number of benzene rings is 1. The molecule has 2 rings (SSSR count). The Bertz CT molecular complexity index is 502. The third kappa shape index (κ3) is 4.68. The Labute approximate surface area is 130 Å². The second-order valence-electron chi connectivity index (χ2n) is 5.42. The predicted molar refractivity (Wildman–Crippen MR) is 82.2 cm³/mol. The normalized spacial score (nSPS) is 15.9. The number of anilines is 1. The zero-order valence-corrected chi connectivity index (χ0v) is 12.8. The number of carbonyl (C=O) groups excluding carboxylic acids is 1. The first-order valence-electron chi connectivity index (χ1n) is 7.66. The van der Waals surface area contributed by atoms with Crippen molar-refractivity contribution in [1.29, 1.82) is 0 Å². The van der Waals surface area contributed by atoms with Crippen molar-refractivity contribution in [3.8, 4) is 0 Å². The van der Waals surface area contributed by atoms with Crippen molar-refractivity contribution in [3.63, 3.8) is 0 Å². The number of carbonyl (C=O) groups is 1. The maximum atomic E-state index is 14.2. The molecule has 5 nitrogen and oxygen atoms in total. The van der Waals surface area contributed by atoms with Crippen LogP contribution in [-0.4, -0.2) is 43.4 Å². The van der Waals surface area contributed by atoms with E-state index in [-0.39, 0.29) is 31.0 Å². The summed E-state index contributed by atoms with van der Waals surface area (Å²) in [7, 11) is 0. The van der Waals surface area contributed by atoms with Gasteiger partial charge < -0.3 is 20.1 Å². The molecular formula is C16H23FN2O3. The van der Waals surface area contributed by atoms with Crippen molar-refractivity contribution in [2.24, 2.45) is 0 Å². The number of piperidine rings is 1. The van der Waals surface area contributed by atoms with Crippen LogP contribution in [0.3, 0.4) is 0 Å². The molecule has 2 N–H and O–H groups in total. The Hall–Kier alpha value is -1.66. The number of nitrogens with one attached hydrogen (secondary N) is 1. The number of rotatable bonds is 6. The lowest BCUT2D eigenvalue weighted by Crippen LogP contribution is -2.36. The molecule has 1 aliphatic heterocycles. The summed E-state index contributed by atoms with van der Waals surface area (Å²) >= 11 is 0. The number of hydrogen-bond acceptors (Lipinski definition) is 4. The van der Waals surface area contributed by atoms with E-state index in [2.05, 4.69) is 5.32 Å². The summed E-state index contributed by atoms with van der Waals surface area (Å²) in [6.07, 6.45) is 1.04. The monoisotopic (exact) mass is 310 g/mol. The summed E-state index contributed by atoms with van der Waals surface area (Å²) in [5.41, 5.74) is 1.26. The molecule has 1 amide bonds. The largest absolute Gasteiger partial charge is 0.393 e. The number of ether oxygens (including phenoxy) is 1. The van der Waals surface area contributed by atoms with Crippen LogP contribution in [0.2, 0.25) is 0 Å². The zero-order valence-electron chi connectivity index (χ0n) is 12.8. The van der Waals surface area contributed by atoms with Gasteiger partial charge in [0, 0.05) is 26.2 Å². The van der Waals surface area contributed by atoms with Crippen LogP contribution < -0.4 is 10.2 Å². The number of nitrogens with zero attached hydrogens (tertiary/aromatic N) is 1. The van der Waals surface area contributed by atoms with Gasteiger partial charge in [0.25, 0.3) is 0 Å². The lowest BCUT2D eigenvalue weighted by atomic mass is 10.1. The van der Waals surface area contributed by atoms with Crippen molar-refractivity contribution < 1.29 is 19.0 Å². The summed E-state index contributed by atoms with van der Waals surface area (Å²) < 4.78 is 19.2. The second-order valence-corrected chi connectivity index (χ2v) is 5.42. The average Bonchev–Trinajstić information content (AvgIpc) is 2.52. The topological polar surface area (TPSA) is 61.8 Å². The molecule has 1 heterocycles. The highest BCUT2D eigenvalue weighted by Crippen LogP contribution is 2.24. The van der Waals surface area contributed by atoms with Crippen LogP contribution in [-0.2, 0) is 16.1 Å². The molecular weight excluding hydrogens is 287 g/mol. The van der Waals surface area contributed by atoms with Crippen molar-refractivity contribution in [3.05, 3.63) is 29.6 Å². The summed E-state index contributed by atoms with van der Waals surface area (Å²) in [4.78, 5) is 13.4. The van der Waals surface area contributed by atoms with Crippen LogP contribution >= 0.6 is 0 Å². The van der Waals surface area contributed by atoms with Crippen molar-refractivity contribution in [2.45, 2.75) is 32.4 Å². The van der Waals surface area contributed by atoms with E-state index >= 15 is 0 Å². The quantitative estimate of drug-likeness (QED) is 0.835. The minimum atomic E-state index is -0.298. The first kappa shape index (κ1) is 16.7. The van der Waals surface area contributed by atoms with Crippen LogP contribution in [0.5, 0.6) is 0 Å².